The van der Waals surface area contributed by atoms with Gasteiger partial charge in [-0.1, -0.05) is 25.1 Å². The molecule has 0 spiro atoms. The van der Waals surface area contributed by atoms with Crippen LogP contribution in [0, 0.1) is 5.41 Å². The largest absolute Gasteiger partial charge is 0.416 e. The molecule has 0 aromatic heterocycles. The van der Waals surface area contributed by atoms with E-state index in [1.165, 1.54) is 18.3 Å². The van der Waals surface area contributed by atoms with Crippen LogP contribution in [-0.2, 0) is 11.7 Å². The lowest BCUT2D eigenvalue weighted by atomic mass is 9.86. The number of hydrogen-bond donors (Lipinski definition) is 4. The van der Waals surface area contributed by atoms with Crippen LogP contribution >= 0.6 is 0 Å². The molecule has 0 aliphatic carbocycles. The lowest BCUT2D eigenvalue weighted by Crippen LogP contribution is -2.39. The minimum absolute atomic E-state index is 0.309. The van der Waals surface area contributed by atoms with Crippen molar-refractivity contribution in [3.8, 4) is 0 Å². The van der Waals surface area contributed by atoms with Crippen LogP contribution in [0.1, 0.15) is 30.0 Å². The first kappa shape index (κ1) is 19.8. The predicted molar refractivity (Wildman–Crippen MR) is 98.0 cm³/mol. The fourth-order valence-electron chi connectivity index (χ4n) is 2.89. The van der Waals surface area contributed by atoms with E-state index in [4.69, 9.17) is 5.41 Å². The van der Waals surface area contributed by atoms with Gasteiger partial charge in [-0.15, -0.1) is 0 Å². The summed E-state index contributed by atoms with van der Waals surface area (Å²) < 4.78 is 38.4. The van der Waals surface area contributed by atoms with Crippen molar-refractivity contribution in [2.45, 2.75) is 25.1 Å². The molecular weight excluding hydrogens is 343 g/mol. The summed E-state index contributed by atoms with van der Waals surface area (Å²) >= 11 is 0. The molecule has 0 saturated heterocycles. The summed E-state index contributed by atoms with van der Waals surface area (Å²) in [5.41, 5.74) is 0.799. The number of halogens is 3. The Hall–Kier alpha value is -2.54. The van der Waals surface area contributed by atoms with E-state index in [1.54, 1.807) is 19.2 Å². The number of benzene rings is 2. The van der Waals surface area contributed by atoms with E-state index in [1.807, 2.05) is 13.0 Å². The number of anilines is 2. The smallest absolute Gasteiger partial charge is 0.394 e. The third kappa shape index (κ3) is 3.83. The maximum atomic E-state index is 12.8. The van der Waals surface area contributed by atoms with Gasteiger partial charge in [0, 0.05) is 30.2 Å². The van der Waals surface area contributed by atoms with Gasteiger partial charge in [-0.05, 0) is 36.2 Å². The topological polar surface area (TPSA) is 68.1 Å². The molecule has 0 aliphatic heterocycles. The van der Waals surface area contributed by atoms with E-state index < -0.39 is 17.3 Å². The zero-order chi connectivity index (χ0) is 19.4. The highest BCUT2D eigenvalue weighted by atomic mass is 19.4. The van der Waals surface area contributed by atoms with E-state index in [-0.39, 0.29) is 6.61 Å². The third-order valence-electron chi connectivity index (χ3n) is 4.53. The normalized spacial score (nSPS) is 13.8. The van der Waals surface area contributed by atoms with Crippen molar-refractivity contribution in [2.24, 2.45) is 0 Å². The second kappa shape index (κ2) is 7.78. The van der Waals surface area contributed by atoms with Gasteiger partial charge < -0.3 is 21.1 Å². The molecule has 4 nitrogen and oxygen atoms in total. The molecule has 0 fully saturated rings. The molecule has 1 atom stereocenters. The van der Waals surface area contributed by atoms with Crippen molar-refractivity contribution in [1.82, 2.24) is 0 Å². The zero-order valence-corrected chi connectivity index (χ0v) is 14.6. The summed E-state index contributed by atoms with van der Waals surface area (Å²) in [5.74, 6) is 0. The monoisotopic (exact) mass is 365 g/mol. The highest BCUT2D eigenvalue weighted by Crippen LogP contribution is 2.35. The molecule has 2 aromatic carbocycles. The summed E-state index contributed by atoms with van der Waals surface area (Å²) in [7, 11) is 1.74. The summed E-state index contributed by atoms with van der Waals surface area (Å²) in [6.45, 7) is 1.53. The van der Waals surface area contributed by atoms with E-state index in [0.29, 0.717) is 23.2 Å². The molecule has 0 bridgehead atoms. The van der Waals surface area contributed by atoms with E-state index in [9.17, 15) is 18.3 Å². The highest BCUT2D eigenvalue weighted by Gasteiger charge is 2.33. The van der Waals surface area contributed by atoms with Crippen molar-refractivity contribution >= 4 is 17.6 Å². The second-order valence-corrected chi connectivity index (χ2v) is 5.96. The second-order valence-electron chi connectivity index (χ2n) is 5.96. The van der Waals surface area contributed by atoms with Gasteiger partial charge in [0.25, 0.3) is 0 Å². The molecule has 0 aliphatic rings. The Bertz CT molecular complexity index is 754. The molecule has 2 aromatic rings. The van der Waals surface area contributed by atoms with Crippen LogP contribution in [-0.4, -0.2) is 25.0 Å². The first-order valence-electron chi connectivity index (χ1n) is 8.19. The van der Waals surface area contributed by atoms with E-state index >= 15 is 0 Å². The number of aliphatic hydroxyl groups excluding tert-OH is 1. The molecule has 26 heavy (non-hydrogen) atoms. The Labute approximate surface area is 150 Å². The molecular formula is C19H22F3N3O. The summed E-state index contributed by atoms with van der Waals surface area (Å²) in [4.78, 5) is 0. The molecule has 0 heterocycles. The Morgan fingerprint density at radius 2 is 1.62 bits per heavy atom. The molecule has 0 amide bonds. The van der Waals surface area contributed by atoms with Gasteiger partial charge in [-0.3, -0.25) is 0 Å². The Balaban J connectivity index is 2.47. The molecule has 0 radical (unpaired) electrons. The first-order chi connectivity index (χ1) is 12.3. The molecule has 140 valence electrons. The van der Waals surface area contributed by atoms with Gasteiger partial charge in [0.15, 0.2) is 0 Å². The Kier molecular flexibility index (Phi) is 5.92. The van der Waals surface area contributed by atoms with Crippen LogP contribution in [0.5, 0.6) is 0 Å². The predicted octanol–water partition coefficient (Wildman–Crippen LogP) is 4.45. The lowest BCUT2D eigenvalue weighted by molar-refractivity contribution is -0.137. The van der Waals surface area contributed by atoms with Crippen LogP contribution in [0.15, 0.2) is 42.5 Å². The van der Waals surface area contributed by atoms with Gasteiger partial charge >= 0.3 is 6.18 Å². The number of aliphatic hydroxyl groups is 1. The van der Waals surface area contributed by atoms with Crippen molar-refractivity contribution in [3.05, 3.63) is 59.2 Å². The number of nitrogens with one attached hydrogen (secondary N) is 3. The summed E-state index contributed by atoms with van der Waals surface area (Å²) in [6.07, 6.45) is -2.77. The van der Waals surface area contributed by atoms with Crippen LogP contribution < -0.4 is 10.6 Å². The van der Waals surface area contributed by atoms with Gasteiger partial charge in [0.1, 0.15) is 0 Å². The van der Waals surface area contributed by atoms with Gasteiger partial charge in [-0.25, -0.2) is 0 Å². The van der Waals surface area contributed by atoms with Crippen LogP contribution in [0.25, 0.3) is 0 Å². The number of rotatable bonds is 7. The standard InChI is InChI=1S/C19H22F3N3O/c1-3-18(12-26,13-7-9-14(10-8-13)19(20,21)22)25-17-6-4-5-16(24-2)15(17)11-23/h4-11,23-26H,3,12H2,1-2H3. The molecule has 2 rings (SSSR count). The SMILES string of the molecule is CCC(CO)(Nc1cccc(NC)c1C=N)c1ccc(C(F)(F)F)cc1. The van der Waals surface area contributed by atoms with Gasteiger partial charge in [-0.2, -0.15) is 13.2 Å². The molecule has 1 unspecified atom stereocenters. The average molecular weight is 365 g/mol. The third-order valence-corrected chi connectivity index (χ3v) is 4.53. The first-order valence-corrected chi connectivity index (χ1v) is 8.19. The Morgan fingerprint density at radius 1 is 1.04 bits per heavy atom. The summed E-state index contributed by atoms with van der Waals surface area (Å²) in [5, 5.41) is 23.9. The fourth-order valence-corrected chi connectivity index (χ4v) is 2.89. The van der Waals surface area contributed by atoms with Crippen LogP contribution in [0.3, 0.4) is 0 Å². The lowest BCUT2D eigenvalue weighted by Gasteiger charge is -2.34. The highest BCUT2D eigenvalue weighted by molar-refractivity contribution is 5.93. The average Bonchev–Trinajstić information content (AvgIpc) is 2.65. The number of hydrogen-bond acceptors (Lipinski definition) is 4. The molecule has 0 saturated carbocycles. The fraction of sp³-hybridized carbons (Fsp3) is 0.316. The van der Waals surface area contributed by atoms with Gasteiger partial charge in [0.05, 0.1) is 17.7 Å². The Morgan fingerprint density at radius 3 is 2.08 bits per heavy atom. The molecule has 4 N–H and O–H groups in total. The molecule has 7 heteroatoms. The van der Waals surface area contributed by atoms with Gasteiger partial charge in [0.2, 0.25) is 0 Å². The zero-order valence-electron chi connectivity index (χ0n) is 14.6. The minimum Gasteiger partial charge on any atom is -0.394 e. The van der Waals surface area contributed by atoms with Crippen molar-refractivity contribution in [2.75, 3.05) is 24.3 Å². The van der Waals surface area contributed by atoms with Crippen LogP contribution in [0.2, 0.25) is 0 Å². The maximum Gasteiger partial charge on any atom is 0.416 e. The van der Waals surface area contributed by atoms with E-state index in [0.717, 1.165) is 17.8 Å². The maximum absolute atomic E-state index is 12.8. The van der Waals surface area contributed by atoms with E-state index in [2.05, 4.69) is 10.6 Å². The van der Waals surface area contributed by atoms with Crippen molar-refractivity contribution in [1.29, 1.82) is 5.41 Å². The number of alkyl halides is 3. The minimum atomic E-state index is -4.41. The van der Waals surface area contributed by atoms with Crippen molar-refractivity contribution < 1.29 is 18.3 Å². The summed E-state index contributed by atoms with van der Waals surface area (Å²) in [6, 6.07) is 10.2. The quantitative estimate of drug-likeness (QED) is 0.548. The van der Waals surface area contributed by atoms with Crippen molar-refractivity contribution in [3.63, 3.8) is 0 Å². The van der Waals surface area contributed by atoms with Crippen LogP contribution in [0.4, 0.5) is 24.5 Å².